The molecule has 5 atom stereocenters. The molecule has 11 nitrogen and oxygen atoms in total. The number of rotatable bonds is 6. The molecule has 244 valence electrons. The van der Waals surface area contributed by atoms with Crippen LogP contribution >= 0.6 is 0 Å². The average molecular weight is 631 g/mol. The summed E-state index contributed by atoms with van der Waals surface area (Å²) in [4.78, 5) is 60.4. The molecule has 3 N–H and O–H groups in total. The van der Waals surface area contributed by atoms with Gasteiger partial charge >= 0.3 is 12.1 Å². The molecule has 2 saturated carbocycles. The van der Waals surface area contributed by atoms with E-state index in [0.717, 1.165) is 61.3 Å². The number of nitrogens with zero attached hydrogens (tertiary/aromatic N) is 2. The lowest BCUT2D eigenvalue weighted by Gasteiger charge is -2.29. The highest BCUT2D eigenvalue weighted by atomic mass is 16.6. The number of oxime groups is 1. The molecule has 4 aliphatic rings. The molecule has 3 fully saturated rings. The van der Waals surface area contributed by atoms with Crippen LogP contribution in [0, 0.1) is 5.92 Å². The molecule has 2 aromatic carbocycles. The van der Waals surface area contributed by atoms with Crippen LogP contribution in [0.1, 0.15) is 76.2 Å². The summed E-state index contributed by atoms with van der Waals surface area (Å²) in [6.07, 6.45) is 11.6. The van der Waals surface area contributed by atoms with Crippen molar-refractivity contribution in [2.24, 2.45) is 11.1 Å². The summed E-state index contributed by atoms with van der Waals surface area (Å²) in [7, 11) is 0. The van der Waals surface area contributed by atoms with Crippen LogP contribution in [-0.2, 0) is 24.0 Å². The number of carboxylic acids is 1. The molecule has 2 aliphatic heterocycles. The first-order valence-corrected chi connectivity index (χ1v) is 16.5. The number of benzene rings is 2. The summed E-state index contributed by atoms with van der Waals surface area (Å²) in [6, 6.07) is 11.9. The van der Waals surface area contributed by atoms with Gasteiger partial charge in [0.1, 0.15) is 29.8 Å². The highest BCUT2D eigenvalue weighted by Crippen LogP contribution is 2.45. The van der Waals surface area contributed by atoms with E-state index in [4.69, 9.17) is 9.57 Å². The van der Waals surface area contributed by atoms with E-state index in [1.54, 1.807) is 6.21 Å². The third-order valence-electron chi connectivity index (χ3n) is 9.71. The smallest absolute Gasteiger partial charge is 0.408 e. The quantitative estimate of drug-likeness (QED) is 0.239. The first-order valence-electron chi connectivity index (χ1n) is 16.5. The third kappa shape index (κ3) is 7.03. The summed E-state index contributed by atoms with van der Waals surface area (Å²) >= 11 is 0. The first-order chi connectivity index (χ1) is 22.3. The van der Waals surface area contributed by atoms with E-state index in [1.807, 2.05) is 54.6 Å². The number of fused-ring (bicyclic) bond motifs is 3. The van der Waals surface area contributed by atoms with Crippen LogP contribution in [0.25, 0.3) is 10.8 Å². The maximum atomic E-state index is 14.1. The SMILES string of the molecule is O=C(N[C@H]1CCCCC/C=C\C2C[C@@]2(C(=O)O)NC(=O)[C@@H]2C[C@@H](O/N=C/c3cccc4ccccc34)CN2C1=O)OC1CCCC1. The molecule has 0 aromatic heterocycles. The van der Waals surface area contributed by atoms with Crippen LogP contribution in [0.15, 0.2) is 59.8 Å². The van der Waals surface area contributed by atoms with E-state index in [2.05, 4.69) is 15.8 Å². The van der Waals surface area contributed by atoms with Crippen LogP contribution in [0.5, 0.6) is 0 Å². The van der Waals surface area contributed by atoms with Crippen LogP contribution in [0.3, 0.4) is 0 Å². The van der Waals surface area contributed by atoms with Crippen molar-refractivity contribution in [2.45, 2.75) is 100 Å². The van der Waals surface area contributed by atoms with Crippen molar-refractivity contribution in [1.29, 1.82) is 0 Å². The van der Waals surface area contributed by atoms with Crippen molar-refractivity contribution in [3.05, 3.63) is 60.2 Å². The Hall–Kier alpha value is -4.41. The van der Waals surface area contributed by atoms with Gasteiger partial charge < -0.3 is 30.2 Å². The summed E-state index contributed by atoms with van der Waals surface area (Å²) in [6.45, 7) is 0.0586. The molecule has 0 spiro atoms. The lowest BCUT2D eigenvalue weighted by atomic mass is 10.0. The summed E-state index contributed by atoms with van der Waals surface area (Å²) in [5, 5.41) is 21.9. The first kappa shape index (κ1) is 31.6. The van der Waals surface area contributed by atoms with Gasteiger partial charge in [0, 0.05) is 17.9 Å². The third-order valence-corrected chi connectivity index (χ3v) is 9.71. The fraction of sp³-hybridized carbons (Fsp3) is 0.514. The molecule has 2 aromatic rings. The highest BCUT2D eigenvalue weighted by Gasteiger charge is 2.61. The molecule has 46 heavy (non-hydrogen) atoms. The van der Waals surface area contributed by atoms with Crippen molar-refractivity contribution in [1.82, 2.24) is 15.5 Å². The number of carboxylic acid groups (broad SMARTS) is 1. The number of allylic oxidation sites excluding steroid dienone is 1. The van der Waals surface area contributed by atoms with Crippen molar-refractivity contribution >= 4 is 40.9 Å². The summed E-state index contributed by atoms with van der Waals surface area (Å²) in [5.41, 5.74) is -0.544. The van der Waals surface area contributed by atoms with Crippen molar-refractivity contribution in [2.75, 3.05) is 6.54 Å². The second-order valence-corrected chi connectivity index (χ2v) is 12.9. The molecule has 1 unspecified atom stereocenters. The van der Waals surface area contributed by atoms with Gasteiger partial charge in [-0.2, -0.15) is 0 Å². The Balaban J connectivity index is 1.22. The average Bonchev–Trinajstić information content (AvgIpc) is 3.33. The lowest BCUT2D eigenvalue weighted by molar-refractivity contribution is -0.145. The van der Waals surface area contributed by atoms with E-state index < -0.39 is 47.6 Å². The zero-order valence-corrected chi connectivity index (χ0v) is 25.9. The second kappa shape index (κ2) is 13.9. The van der Waals surface area contributed by atoms with E-state index in [-0.39, 0.29) is 31.4 Å². The Morgan fingerprint density at radius 2 is 1.78 bits per heavy atom. The minimum atomic E-state index is -1.41. The Morgan fingerprint density at radius 3 is 2.61 bits per heavy atom. The number of hydrogen-bond donors (Lipinski definition) is 3. The molecule has 0 radical (unpaired) electrons. The van der Waals surface area contributed by atoms with Crippen LogP contribution < -0.4 is 10.6 Å². The lowest BCUT2D eigenvalue weighted by Crippen LogP contribution is -2.56. The summed E-state index contributed by atoms with van der Waals surface area (Å²) < 4.78 is 5.61. The van der Waals surface area contributed by atoms with E-state index in [0.29, 0.717) is 12.8 Å². The Kier molecular flexibility index (Phi) is 9.56. The second-order valence-electron chi connectivity index (χ2n) is 12.9. The molecule has 2 aliphatic carbocycles. The number of carbonyl (C=O) groups is 4. The van der Waals surface area contributed by atoms with E-state index in [1.165, 1.54) is 4.90 Å². The number of ether oxygens (including phenoxy) is 1. The predicted octanol–water partition coefficient (Wildman–Crippen LogP) is 4.68. The number of carbonyl (C=O) groups excluding carboxylic acids is 3. The highest BCUT2D eigenvalue weighted by molar-refractivity contribution is 5.99. The molecule has 2 heterocycles. The predicted molar refractivity (Wildman–Crippen MR) is 171 cm³/mol. The largest absolute Gasteiger partial charge is 0.479 e. The van der Waals surface area contributed by atoms with Gasteiger partial charge in [0.15, 0.2) is 0 Å². The van der Waals surface area contributed by atoms with Gasteiger partial charge in [-0.3, -0.25) is 9.59 Å². The Labute approximate surface area is 268 Å². The Bertz CT molecular complexity index is 1510. The molecule has 3 amide bonds. The van der Waals surface area contributed by atoms with Crippen molar-refractivity contribution in [3.63, 3.8) is 0 Å². The van der Waals surface area contributed by atoms with Gasteiger partial charge in [0.25, 0.3) is 0 Å². The molecule has 0 bridgehead atoms. The minimum absolute atomic E-state index is 0.0586. The minimum Gasteiger partial charge on any atom is -0.479 e. The number of aliphatic carboxylic acids is 1. The zero-order chi connectivity index (χ0) is 32.1. The van der Waals surface area contributed by atoms with Crippen molar-refractivity contribution in [3.8, 4) is 0 Å². The fourth-order valence-electron chi connectivity index (χ4n) is 7.01. The van der Waals surface area contributed by atoms with Crippen molar-refractivity contribution < 1.29 is 33.9 Å². The van der Waals surface area contributed by atoms with Crippen LogP contribution in [0.2, 0.25) is 0 Å². The van der Waals surface area contributed by atoms with Gasteiger partial charge in [-0.05, 0) is 62.1 Å². The number of nitrogens with one attached hydrogen (secondary N) is 2. The standard InChI is InChI=1S/C35H42N4O7/c40-31-30-19-27(46-36-21-24-13-10-12-23-11-6-9-17-28(23)24)22-39(30)32(41)29(37-34(44)45-26-15-7-8-16-26)18-5-3-1-2-4-14-25-20-35(25,38-31)33(42)43/h4,6,9-14,17,21,25-27,29-30H,1-3,5,7-8,15-16,18-20,22H2,(H,37,44)(H,38,40)(H,42,43)/b14-4-,36-21+/t25?,27-,29+,30+,35-/m1/s1. The van der Waals surface area contributed by atoms with E-state index in [9.17, 15) is 24.3 Å². The Morgan fingerprint density at radius 1 is 1.00 bits per heavy atom. The fourth-order valence-corrected chi connectivity index (χ4v) is 7.01. The van der Waals surface area contributed by atoms with Gasteiger partial charge in [-0.15, -0.1) is 0 Å². The molecule has 6 rings (SSSR count). The van der Waals surface area contributed by atoms with Crippen LogP contribution in [-0.4, -0.2) is 76.5 Å². The van der Waals surface area contributed by atoms with E-state index >= 15 is 0 Å². The molecular weight excluding hydrogens is 588 g/mol. The molecular formula is C35H42N4O7. The van der Waals surface area contributed by atoms with Gasteiger partial charge in [0.2, 0.25) is 11.8 Å². The molecule has 11 heteroatoms. The zero-order valence-electron chi connectivity index (χ0n) is 25.9. The topological polar surface area (TPSA) is 147 Å². The monoisotopic (exact) mass is 630 g/mol. The number of alkyl carbamates (subject to hydrolysis) is 1. The number of hydrogen-bond acceptors (Lipinski definition) is 7. The summed E-state index contributed by atoms with van der Waals surface area (Å²) in [5.74, 6) is -2.39. The van der Waals surface area contributed by atoms with Gasteiger partial charge in [-0.1, -0.05) is 72.6 Å². The van der Waals surface area contributed by atoms with Crippen LogP contribution in [0.4, 0.5) is 4.79 Å². The maximum absolute atomic E-state index is 14.1. The van der Waals surface area contributed by atoms with Gasteiger partial charge in [0.05, 0.1) is 12.8 Å². The number of amides is 3. The maximum Gasteiger partial charge on any atom is 0.408 e. The normalized spacial score (nSPS) is 29.7. The molecule has 1 saturated heterocycles. The van der Waals surface area contributed by atoms with Gasteiger partial charge in [-0.25, -0.2) is 9.59 Å².